The molecule has 1 rings (SSSR count). The molecular weight excluding hydrogens is 340 g/mol. The first-order valence-corrected chi connectivity index (χ1v) is 9.28. The van der Waals surface area contributed by atoms with Crippen LogP contribution in [0.15, 0.2) is 24.3 Å². The smallest absolute Gasteiger partial charge is 0.259 e. The third-order valence-corrected chi connectivity index (χ3v) is 4.54. The predicted octanol–water partition coefficient (Wildman–Crippen LogP) is 3.97. The normalized spacial score (nSPS) is 10.2. The Labute approximate surface area is 156 Å². The van der Waals surface area contributed by atoms with Gasteiger partial charge >= 0.3 is 0 Å². The lowest BCUT2D eigenvalue weighted by atomic mass is 10.1. The van der Waals surface area contributed by atoms with E-state index in [4.69, 9.17) is 33.9 Å². The molecule has 0 aliphatic heterocycles. The van der Waals surface area contributed by atoms with Crippen LogP contribution in [0.1, 0.15) is 38.8 Å². The molecule has 6 heteroatoms. The molecule has 0 aliphatic carbocycles. The fourth-order valence-electron chi connectivity index (χ4n) is 2.17. The highest BCUT2D eigenvalue weighted by Gasteiger charge is 2.08. The van der Waals surface area contributed by atoms with Crippen LogP contribution in [0.3, 0.4) is 0 Å². The molecule has 0 aliphatic rings. The van der Waals surface area contributed by atoms with Gasteiger partial charge in [0.2, 0.25) is 0 Å². The number of nitrogens with zero attached hydrogens (tertiary/aromatic N) is 2. The van der Waals surface area contributed by atoms with Crippen molar-refractivity contribution in [1.29, 1.82) is 0 Å². The Hall–Kier alpha value is -1.40. The van der Waals surface area contributed by atoms with Crippen LogP contribution < -0.4 is 0 Å². The Morgan fingerprint density at radius 1 is 0.708 bits per heavy atom. The molecule has 0 atom stereocenters. The summed E-state index contributed by atoms with van der Waals surface area (Å²) in [5.74, 6) is 0. The first-order chi connectivity index (χ1) is 11.5. The maximum Gasteiger partial charge on any atom is 0.259 e. The predicted molar refractivity (Wildman–Crippen MR) is 107 cm³/mol. The number of benzene rings is 1. The van der Waals surface area contributed by atoms with Gasteiger partial charge in [0.15, 0.2) is 0 Å². The second-order valence-corrected chi connectivity index (χ2v) is 5.97. The third kappa shape index (κ3) is 6.61. The van der Waals surface area contributed by atoms with Crippen molar-refractivity contribution in [3.8, 4) is 0 Å². The highest BCUT2D eigenvalue weighted by atomic mass is 32.1. The quantitative estimate of drug-likeness (QED) is 0.644. The molecule has 0 bridgehead atoms. The summed E-state index contributed by atoms with van der Waals surface area (Å²) in [4.78, 5) is 4.04. The molecule has 0 fully saturated rings. The zero-order valence-corrected chi connectivity index (χ0v) is 16.7. The lowest BCUT2D eigenvalue weighted by Crippen LogP contribution is -2.30. The van der Waals surface area contributed by atoms with Gasteiger partial charge < -0.3 is 19.3 Å². The van der Waals surface area contributed by atoms with E-state index in [1.54, 1.807) is 0 Å². The molecule has 0 saturated heterocycles. The Morgan fingerprint density at radius 3 is 1.25 bits per heavy atom. The van der Waals surface area contributed by atoms with Crippen LogP contribution in [0.4, 0.5) is 0 Å². The number of thiocarbonyl (C=S) groups is 2. The van der Waals surface area contributed by atoms with Gasteiger partial charge in [-0.25, -0.2) is 0 Å². The minimum Gasteiger partial charge on any atom is -0.466 e. The van der Waals surface area contributed by atoms with E-state index in [9.17, 15) is 0 Å². The number of hydrogen-bond donors (Lipinski definition) is 0. The SMILES string of the molecule is CCN(CC)C(=S)OCc1ccc(COC(=S)N(CC)CC)cc1. The van der Waals surface area contributed by atoms with Gasteiger partial charge in [0.1, 0.15) is 13.2 Å². The van der Waals surface area contributed by atoms with Gasteiger partial charge in [0, 0.05) is 26.2 Å². The molecule has 0 radical (unpaired) electrons. The van der Waals surface area contributed by atoms with Crippen molar-refractivity contribution in [3.05, 3.63) is 35.4 Å². The second-order valence-electron chi connectivity index (χ2n) is 5.27. The monoisotopic (exact) mass is 368 g/mol. The van der Waals surface area contributed by atoms with E-state index in [2.05, 4.69) is 27.7 Å². The van der Waals surface area contributed by atoms with Crippen LogP contribution in [0, 0.1) is 0 Å². The average Bonchev–Trinajstić information content (AvgIpc) is 2.61. The van der Waals surface area contributed by atoms with E-state index in [1.807, 2.05) is 34.1 Å². The van der Waals surface area contributed by atoms with Crippen LogP contribution in [-0.4, -0.2) is 46.3 Å². The standard InChI is InChI=1S/C18H28N2O2S2/c1-5-19(6-2)17(23)21-13-15-9-11-16(12-10-15)14-22-18(24)20(7-3)8-4/h9-12H,5-8,13-14H2,1-4H3. The maximum absolute atomic E-state index is 5.67. The van der Waals surface area contributed by atoms with Gasteiger partial charge in [-0.15, -0.1) is 0 Å². The van der Waals surface area contributed by atoms with Gasteiger partial charge in [0.25, 0.3) is 10.3 Å². The third-order valence-electron chi connectivity index (χ3n) is 3.79. The second kappa shape index (κ2) is 11.2. The van der Waals surface area contributed by atoms with E-state index in [1.165, 1.54) is 0 Å². The molecule has 0 saturated carbocycles. The molecule has 0 N–H and O–H groups in total. The van der Waals surface area contributed by atoms with Gasteiger partial charge in [-0.2, -0.15) is 0 Å². The largest absolute Gasteiger partial charge is 0.466 e. The van der Waals surface area contributed by atoms with Crippen molar-refractivity contribution in [2.24, 2.45) is 0 Å². The van der Waals surface area contributed by atoms with Crippen molar-refractivity contribution >= 4 is 34.8 Å². The zero-order valence-electron chi connectivity index (χ0n) is 15.1. The zero-order chi connectivity index (χ0) is 17.9. The van der Waals surface area contributed by atoms with Crippen LogP contribution in [0.2, 0.25) is 0 Å². The topological polar surface area (TPSA) is 24.9 Å². The molecule has 1 aromatic carbocycles. The van der Waals surface area contributed by atoms with Gasteiger partial charge in [-0.05, 0) is 63.3 Å². The Bertz CT molecular complexity index is 465. The van der Waals surface area contributed by atoms with Crippen LogP contribution in [0.5, 0.6) is 0 Å². The van der Waals surface area contributed by atoms with Crippen LogP contribution in [0.25, 0.3) is 0 Å². The molecule has 4 nitrogen and oxygen atoms in total. The molecule has 134 valence electrons. The Kier molecular flexibility index (Phi) is 9.64. The van der Waals surface area contributed by atoms with E-state index in [0.717, 1.165) is 37.3 Å². The molecule has 0 unspecified atom stereocenters. The van der Waals surface area contributed by atoms with E-state index in [-0.39, 0.29) is 0 Å². The summed E-state index contributed by atoms with van der Waals surface area (Å²) in [6.45, 7) is 12.7. The summed E-state index contributed by atoms with van der Waals surface area (Å²) in [6, 6.07) is 8.13. The van der Waals surface area contributed by atoms with Gasteiger partial charge in [-0.3, -0.25) is 0 Å². The fourth-order valence-corrected chi connectivity index (χ4v) is 2.80. The fraction of sp³-hybridized carbons (Fsp3) is 0.556. The van der Waals surface area contributed by atoms with E-state index < -0.39 is 0 Å². The number of rotatable bonds is 8. The molecule has 0 amide bonds. The minimum absolute atomic E-state index is 0.480. The molecule has 0 aromatic heterocycles. The van der Waals surface area contributed by atoms with E-state index in [0.29, 0.717) is 23.6 Å². The maximum atomic E-state index is 5.67. The van der Waals surface area contributed by atoms with Gasteiger partial charge in [-0.1, -0.05) is 24.3 Å². The average molecular weight is 369 g/mol. The van der Waals surface area contributed by atoms with Crippen molar-refractivity contribution in [2.45, 2.75) is 40.9 Å². The van der Waals surface area contributed by atoms with Crippen molar-refractivity contribution in [3.63, 3.8) is 0 Å². The summed E-state index contributed by atoms with van der Waals surface area (Å²) in [5, 5.41) is 1.11. The first kappa shape index (κ1) is 20.6. The van der Waals surface area contributed by atoms with Crippen molar-refractivity contribution < 1.29 is 9.47 Å². The summed E-state index contributed by atoms with van der Waals surface area (Å²) < 4.78 is 11.3. The lowest BCUT2D eigenvalue weighted by molar-refractivity contribution is 0.236. The molecular formula is C18H28N2O2S2. The summed E-state index contributed by atoms with van der Waals surface area (Å²) in [7, 11) is 0. The highest BCUT2D eigenvalue weighted by molar-refractivity contribution is 7.80. The molecule has 24 heavy (non-hydrogen) atoms. The highest BCUT2D eigenvalue weighted by Crippen LogP contribution is 2.09. The number of ether oxygens (including phenoxy) is 2. The summed E-state index contributed by atoms with van der Waals surface area (Å²) >= 11 is 10.6. The Balaban J connectivity index is 2.46. The Morgan fingerprint density at radius 2 is 1.00 bits per heavy atom. The minimum atomic E-state index is 0.480. The summed E-state index contributed by atoms with van der Waals surface area (Å²) in [6.07, 6.45) is 0. The van der Waals surface area contributed by atoms with Crippen LogP contribution in [-0.2, 0) is 22.7 Å². The first-order valence-electron chi connectivity index (χ1n) is 8.46. The lowest BCUT2D eigenvalue weighted by Gasteiger charge is -2.21. The van der Waals surface area contributed by atoms with Crippen LogP contribution >= 0.6 is 24.4 Å². The molecule has 0 spiro atoms. The van der Waals surface area contributed by atoms with Crippen molar-refractivity contribution in [1.82, 2.24) is 9.80 Å². The summed E-state index contributed by atoms with van der Waals surface area (Å²) in [5.41, 5.74) is 2.17. The molecule has 0 heterocycles. The molecule has 1 aromatic rings. The van der Waals surface area contributed by atoms with E-state index >= 15 is 0 Å². The van der Waals surface area contributed by atoms with Gasteiger partial charge in [0.05, 0.1) is 0 Å². The number of hydrogen-bond acceptors (Lipinski definition) is 4. The van der Waals surface area contributed by atoms with Crippen molar-refractivity contribution in [2.75, 3.05) is 26.2 Å².